The Bertz CT molecular complexity index is 792. The molecule has 2 N–H and O–H groups in total. The van der Waals surface area contributed by atoms with E-state index in [1.54, 1.807) is 0 Å². The fraction of sp³-hybridized carbons (Fsp3) is 0.500. The Hall–Kier alpha value is -1.40. The number of ether oxygens (including phenoxy) is 1. The Kier molecular flexibility index (Phi) is 3.29. The first kappa shape index (κ1) is 14.9. The minimum absolute atomic E-state index is 0.146. The molecule has 2 aromatic rings. The van der Waals surface area contributed by atoms with Gasteiger partial charge in [-0.05, 0) is 44.0 Å². The van der Waals surface area contributed by atoms with Gasteiger partial charge in [0.05, 0.1) is 6.54 Å². The van der Waals surface area contributed by atoms with Gasteiger partial charge in [-0.1, -0.05) is 23.7 Å². The number of hydrogen-bond donors (Lipinski definition) is 1. The zero-order chi connectivity index (χ0) is 16.3. The smallest absolute Gasteiger partial charge is 0.186 e. The highest BCUT2D eigenvalue weighted by Crippen LogP contribution is 2.43. The normalized spacial score (nSPS) is 35.2. The maximum absolute atomic E-state index is 6.35. The van der Waals surface area contributed by atoms with E-state index < -0.39 is 6.35 Å². The number of hydrogen-bond acceptors (Lipinski definition) is 5. The van der Waals surface area contributed by atoms with Gasteiger partial charge in [-0.2, -0.15) is 0 Å². The third-order valence-corrected chi connectivity index (χ3v) is 6.24. The van der Waals surface area contributed by atoms with Gasteiger partial charge in [-0.15, -0.1) is 0 Å². The predicted octanol–water partition coefficient (Wildman–Crippen LogP) is 2.43. The third-order valence-electron chi connectivity index (χ3n) is 5.91. The summed E-state index contributed by atoms with van der Waals surface area (Å²) >= 11 is 6.35. The number of halogens is 1. The van der Waals surface area contributed by atoms with E-state index in [1.165, 1.54) is 25.9 Å². The lowest BCUT2D eigenvalue weighted by Crippen LogP contribution is -2.61. The Morgan fingerprint density at radius 2 is 2.08 bits per heavy atom. The van der Waals surface area contributed by atoms with Crippen LogP contribution in [0.15, 0.2) is 30.5 Å². The Labute approximate surface area is 146 Å². The highest BCUT2D eigenvalue weighted by molar-refractivity contribution is 6.35. The Balaban J connectivity index is 1.50. The second-order valence-corrected chi connectivity index (χ2v) is 7.66. The van der Waals surface area contributed by atoms with Crippen molar-refractivity contribution in [2.75, 3.05) is 31.1 Å². The first-order valence-electron chi connectivity index (χ1n) is 8.61. The van der Waals surface area contributed by atoms with Crippen molar-refractivity contribution in [1.29, 1.82) is 0 Å². The lowest BCUT2D eigenvalue weighted by Gasteiger charge is -2.50. The van der Waals surface area contributed by atoms with Crippen molar-refractivity contribution >= 4 is 28.2 Å². The topological polar surface area (TPSA) is 54.6 Å². The molecular weight excluding hydrogens is 324 g/mol. The summed E-state index contributed by atoms with van der Waals surface area (Å²) in [6.45, 7) is 4.16. The molecule has 0 saturated carbocycles. The molecule has 1 spiro atoms. The van der Waals surface area contributed by atoms with Gasteiger partial charge < -0.3 is 14.5 Å². The van der Waals surface area contributed by atoms with Crippen LogP contribution in [0.5, 0.6) is 0 Å². The summed E-state index contributed by atoms with van der Waals surface area (Å²) in [6.07, 6.45) is 3.83. The molecule has 5 heterocycles. The van der Waals surface area contributed by atoms with Gasteiger partial charge >= 0.3 is 0 Å². The Morgan fingerprint density at radius 1 is 1.25 bits per heavy atom. The quantitative estimate of drug-likeness (QED) is 0.861. The summed E-state index contributed by atoms with van der Waals surface area (Å²) in [4.78, 5) is 9.20. The minimum Gasteiger partial charge on any atom is -0.335 e. The highest BCUT2D eigenvalue weighted by atomic mass is 35.5. The van der Waals surface area contributed by atoms with Gasteiger partial charge in [0, 0.05) is 28.5 Å². The van der Waals surface area contributed by atoms with E-state index in [1.807, 2.05) is 30.5 Å². The van der Waals surface area contributed by atoms with E-state index in [-0.39, 0.29) is 5.60 Å². The largest absolute Gasteiger partial charge is 0.335 e. The molecule has 0 aliphatic carbocycles. The van der Waals surface area contributed by atoms with Crippen LogP contribution in [0.3, 0.4) is 0 Å². The van der Waals surface area contributed by atoms with Crippen LogP contribution in [0.2, 0.25) is 5.02 Å². The molecular formula is C18H21ClN4O. The molecule has 4 saturated heterocycles. The van der Waals surface area contributed by atoms with Gasteiger partial charge in [-0.3, -0.25) is 5.73 Å². The first-order valence-corrected chi connectivity index (χ1v) is 8.99. The number of piperidine rings is 3. The van der Waals surface area contributed by atoms with Crippen LogP contribution in [0.4, 0.5) is 5.82 Å². The maximum Gasteiger partial charge on any atom is 0.186 e. The second kappa shape index (κ2) is 5.30. The molecule has 6 rings (SSSR count). The fourth-order valence-electron chi connectivity index (χ4n) is 4.65. The SMILES string of the molecule is NC1OC2(CN3CCC2CC3)CN1c1cc2c(Cl)cccc2cn1. The van der Waals surface area contributed by atoms with Crippen molar-refractivity contribution in [2.24, 2.45) is 11.7 Å². The van der Waals surface area contributed by atoms with E-state index in [2.05, 4.69) is 14.8 Å². The number of aromatic nitrogens is 1. The second-order valence-electron chi connectivity index (χ2n) is 7.25. The number of pyridine rings is 1. The molecule has 2 unspecified atom stereocenters. The van der Waals surface area contributed by atoms with E-state index in [4.69, 9.17) is 22.1 Å². The molecule has 2 atom stereocenters. The van der Waals surface area contributed by atoms with Crippen LogP contribution < -0.4 is 10.6 Å². The summed E-state index contributed by atoms with van der Waals surface area (Å²) in [5.41, 5.74) is 6.20. The molecule has 24 heavy (non-hydrogen) atoms. The number of fused-ring (bicyclic) bond motifs is 3. The monoisotopic (exact) mass is 344 g/mol. The van der Waals surface area contributed by atoms with E-state index in [0.29, 0.717) is 5.92 Å². The summed E-state index contributed by atoms with van der Waals surface area (Å²) in [5, 5.41) is 2.78. The lowest BCUT2D eigenvalue weighted by molar-refractivity contribution is -0.137. The standard InChI is InChI=1S/C18H21ClN4O/c19-15-3-1-2-12-9-21-16(8-14(12)15)23-11-18(24-17(23)20)10-22-6-4-13(18)5-7-22/h1-3,8-9,13,17H,4-7,10-11,20H2. The van der Waals surface area contributed by atoms with Crippen LogP contribution in [0.1, 0.15) is 12.8 Å². The molecule has 1 aromatic heterocycles. The van der Waals surface area contributed by atoms with Crippen LogP contribution in [0.25, 0.3) is 10.8 Å². The molecule has 4 aliphatic heterocycles. The summed E-state index contributed by atoms with van der Waals surface area (Å²) in [7, 11) is 0. The van der Waals surface area contributed by atoms with Gasteiger partial charge in [0.25, 0.3) is 0 Å². The molecule has 4 aliphatic rings. The van der Waals surface area contributed by atoms with E-state index in [9.17, 15) is 0 Å². The van der Waals surface area contributed by atoms with Gasteiger partial charge in [0.2, 0.25) is 0 Å². The molecule has 5 nitrogen and oxygen atoms in total. The van der Waals surface area contributed by atoms with Crippen molar-refractivity contribution in [2.45, 2.75) is 24.8 Å². The summed E-state index contributed by atoms with van der Waals surface area (Å²) in [5.74, 6) is 1.44. The number of anilines is 1. The van der Waals surface area contributed by atoms with E-state index in [0.717, 1.165) is 34.7 Å². The summed E-state index contributed by atoms with van der Waals surface area (Å²) in [6, 6.07) is 7.90. The van der Waals surface area contributed by atoms with Crippen LogP contribution >= 0.6 is 11.6 Å². The number of rotatable bonds is 1. The number of benzene rings is 1. The number of nitrogens with zero attached hydrogens (tertiary/aromatic N) is 3. The molecule has 1 aromatic carbocycles. The van der Waals surface area contributed by atoms with Crippen LogP contribution in [-0.4, -0.2) is 48.0 Å². The van der Waals surface area contributed by atoms with Crippen LogP contribution in [-0.2, 0) is 4.74 Å². The fourth-order valence-corrected chi connectivity index (χ4v) is 4.88. The zero-order valence-corrected chi connectivity index (χ0v) is 14.2. The molecule has 0 amide bonds. The number of nitrogens with two attached hydrogens (primary N) is 1. The third kappa shape index (κ3) is 2.15. The predicted molar refractivity (Wildman–Crippen MR) is 95.1 cm³/mol. The van der Waals surface area contributed by atoms with E-state index >= 15 is 0 Å². The molecule has 0 radical (unpaired) electrons. The Morgan fingerprint density at radius 3 is 2.83 bits per heavy atom. The average Bonchev–Trinajstić information content (AvgIpc) is 2.92. The van der Waals surface area contributed by atoms with Crippen LogP contribution in [0, 0.1) is 5.92 Å². The summed E-state index contributed by atoms with van der Waals surface area (Å²) < 4.78 is 6.32. The first-order chi connectivity index (χ1) is 11.6. The van der Waals surface area contributed by atoms with Gasteiger partial charge in [-0.25, -0.2) is 4.98 Å². The van der Waals surface area contributed by atoms with Crippen molar-refractivity contribution in [3.05, 3.63) is 35.5 Å². The molecule has 4 fully saturated rings. The van der Waals surface area contributed by atoms with Crippen molar-refractivity contribution < 1.29 is 4.74 Å². The van der Waals surface area contributed by atoms with Gasteiger partial charge in [0.1, 0.15) is 11.4 Å². The average molecular weight is 345 g/mol. The molecule has 2 bridgehead atoms. The minimum atomic E-state index is -0.446. The highest BCUT2D eigenvalue weighted by Gasteiger charge is 2.54. The zero-order valence-electron chi connectivity index (χ0n) is 13.5. The molecule has 126 valence electrons. The maximum atomic E-state index is 6.35. The van der Waals surface area contributed by atoms with Gasteiger partial charge in [0.15, 0.2) is 6.35 Å². The van der Waals surface area contributed by atoms with Crippen molar-refractivity contribution in [1.82, 2.24) is 9.88 Å². The van der Waals surface area contributed by atoms with Crippen molar-refractivity contribution in [3.63, 3.8) is 0 Å². The lowest BCUT2D eigenvalue weighted by atomic mass is 9.75. The van der Waals surface area contributed by atoms with Crippen molar-refractivity contribution in [3.8, 4) is 0 Å². The molecule has 6 heteroatoms.